The zero-order valence-electron chi connectivity index (χ0n) is 8.60. The molecule has 4 nitrogen and oxygen atoms in total. The van der Waals surface area contributed by atoms with E-state index in [1.54, 1.807) is 24.3 Å². The van der Waals surface area contributed by atoms with E-state index in [-0.39, 0.29) is 0 Å². The number of benzene rings is 1. The Morgan fingerprint density at radius 1 is 1.38 bits per heavy atom. The summed E-state index contributed by atoms with van der Waals surface area (Å²) in [7, 11) is 1.31. The van der Waals surface area contributed by atoms with Crippen LogP contribution in [-0.4, -0.2) is 18.1 Å². The monoisotopic (exact) mass is 212 g/mol. The van der Waals surface area contributed by atoms with Gasteiger partial charge in [-0.1, -0.05) is 24.3 Å². The van der Waals surface area contributed by atoms with Crippen LogP contribution in [0.3, 0.4) is 0 Å². The molecular weight excluding hydrogens is 204 g/mol. The molecule has 0 fully saturated rings. The third-order valence-corrected chi connectivity index (χ3v) is 2.31. The molecule has 0 saturated heterocycles. The Labute approximate surface area is 92.1 Å². The predicted molar refractivity (Wildman–Crippen MR) is 57.8 cm³/mol. The summed E-state index contributed by atoms with van der Waals surface area (Å²) in [5, 5.41) is 10.2. The third-order valence-electron chi connectivity index (χ3n) is 2.31. The average molecular weight is 212 g/mol. The van der Waals surface area contributed by atoms with Gasteiger partial charge in [-0.3, -0.25) is 0 Å². The molecule has 0 unspecified atom stereocenters. The van der Waals surface area contributed by atoms with Gasteiger partial charge in [-0.2, -0.15) is 5.26 Å². The molecule has 0 bridgehead atoms. The molecule has 0 aliphatic rings. The van der Waals surface area contributed by atoms with Gasteiger partial charge in [0.2, 0.25) is 0 Å². The Hall–Kier alpha value is -2.41. The van der Waals surface area contributed by atoms with Crippen LogP contribution in [0.2, 0.25) is 0 Å². The Morgan fingerprint density at radius 3 is 2.69 bits per heavy atom. The zero-order chi connectivity index (χ0) is 11.5. The maximum absolute atomic E-state index is 11.5. The molecule has 0 saturated carbocycles. The smallest absolute Gasteiger partial charge is 0.340 e. The minimum Gasteiger partial charge on any atom is -0.465 e. The molecule has 16 heavy (non-hydrogen) atoms. The van der Waals surface area contributed by atoms with Crippen LogP contribution in [0.4, 0.5) is 0 Å². The van der Waals surface area contributed by atoms with Crippen LogP contribution in [0.5, 0.6) is 0 Å². The second-order valence-electron chi connectivity index (χ2n) is 3.17. The van der Waals surface area contributed by atoms with E-state index >= 15 is 0 Å². The van der Waals surface area contributed by atoms with Crippen molar-refractivity contribution in [1.82, 2.24) is 4.98 Å². The van der Waals surface area contributed by atoms with Crippen LogP contribution in [0, 0.1) is 11.3 Å². The largest absolute Gasteiger partial charge is 0.465 e. The summed E-state index contributed by atoms with van der Waals surface area (Å²) < 4.78 is 4.66. The maximum Gasteiger partial charge on any atom is 0.340 e. The molecule has 78 valence electrons. The number of pyridine rings is 1. The number of methoxy groups -OCH3 is 1. The Kier molecular flexibility index (Phi) is 2.52. The summed E-state index contributed by atoms with van der Waals surface area (Å²) >= 11 is 0. The van der Waals surface area contributed by atoms with E-state index in [0.29, 0.717) is 22.0 Å². The van der Waals surface area contributed by atoms with E-state index in [9.17, 15) is 4.79 Å². The van der Waals surface area contributed by atoms with Crippen LogP contribution in [0.15, 0.2) is 30.5 Å². The Morgan fingerprint density at radius 2 is 2.06 bits per heavy atom. The maximum atomic E-state index is 11.5. The number of fused-ring (bicyclic) bond motifs is 1. The standard InChI is InChI=1S/C12H8N2O2/c1-16-12(15)10-7-14-11(6-13)9-5-3-2-4-8(9)10/h2-5,7H,1H3. The van der Waals surface area contributed by atoms with Gasteiger partial charge in [0.1, 0.15) is 11.8 Å². The van der Waals surface area contributed by atoms with Crippen molar-refractivity contribution in [2.75, 3.05) is 7.11 Å². The van der Waals surface area contributed by atoms with Crippen molar-refractivity contribution in [1.29, 1.82) is 5.26 Å². The molecular formula is C12H8N2O2. The summed E-state index contributed by atoms with van der Waals surface area (Å²) in [6.45, 7) is 0. The van der Waals surface area contributed by atoms with Crippen LogP contribution in [-0.2, 0) is 4.74 Å². The van der Waals surface area contributed by atoms with E-state index < -0.39 is 5.97 Å². The van der Waals surface area contributed by atoms with Gasteiger partial charge in [-0.05, 0) is 0 Å². The van der Waals surface area contributed by atoms with Gasteiger partial charge >= 0.3 is 5.97 Å². The molecule has 1 heterocycles. The molecule has 0 atom stereocenters. The highest BCUT2D eigenvalue weighted by atomic mass is 16.5. The van der Waals surface area contributed by atoms with Crippen molar-refractivity contribution < 1.29 is 9.53 Å². The SMILES string of the molecule is COC(=O)c1cnc(C#N)c2ccccc12. The molecule has 0 aliphatic carbocycles. The minimum atomic E-state index is -0.451. The zero-order valence-corrected chi connectivity index (χ0v) is 8.60. The lowest BCUT2D eigenvalue weighted by Gasteiger charge is -2.04. The molecule has 0 N–H and O–H groups in total. The Balaban J connectivity index is 2.81. The molecule has 1 aromatic carbocycles. The number of esters is 1. The number of ether oxygens (including phenoxy) is 1. The lowest BCUT2D eigenvalue weighted by atomic mass is 10.1. The van der Waals surface area contributed by atoms with Crippen molar-refractivity contribution in [2.24, 2.45) is 0 Å². The first-order chi connectivity index (χ1) is 7.77. The quantitative estimate of drug-likeness (QED) is 0.677. The molecule has 0 radical (unpaired) electrons. The fourth-order valence-electron chi connectivity index (χ4n) is 1.55. The number of carbonyl (C=O) groups excluding carboxylic acids is 1. The molecule has 2 rings (SSSR count). The third kappa shape index (κ3) is 1.48. The van der Waals surface area contributed by atoms with E-state index in [1.165, 1.54) is 13.3 Å². The van der Waals surface area contributed by atoms with Gasteiger partial charge in [0, 0.05) is 17.0 Å². The van der Waals surface area contributed by atoms with Crippen molar-refractivity contribution in [3.8, 4) is 6.07 Å². The van der Waals surface area contributed by atoms with Crippen molar-refractivity contribution >= 4 is 16.7 Å². The molecule has 2 aromatic rings. The number of hydrogen-bond acceptors (Lipinski definition) is 4. The summed E-state index contributed by atoms with van der Waals surface area (Å²) in [6.07, 6.45) is 1.37. The van der Waals surface area contributed by atoms with Crippen molar-refractivity contribution in [3.05, 3.63) is 41.7 Å². The number of nitrogens with zero attached hydrogens (tertiary/aromatic N) is 2. The van der Waals surface area contributed by atoms with Gasteiger partial charge in [-0.25, -0.2) is 9.78 Å². The highest BCUT2D eigenvalue weighted by Gasteiger charge is 2.12. The lowest BCUT2D eigenvalue weighted by Crippen LogP contribution is -2.03. The fraction of sp³-hybridized carbons (Fsp3) is 0.0833. The van der Waals surface area contributed by atoms with Gasteiger partial charge in [-0.15, -0.1) is 0 Å². The van der Waals surface area contributed by atoms with Crippen molar-refractivity contribution in [2.45, 2.75) is 0 Å². The molecule has 1 aromatic heterocycles. The predicted octanol–water partition coefficient (Wildman–Crippen LogP) is 1.89. The van der Waals surface area contributed by atoms with Crippen LogP contribution < -0.4 is 0 Å². The van der Waals surface area contributed by atoms with Crippen LogP contribution >= 0.6 is 0 Å². The summed E-state index contributed by atoms with van der Waals surface area (Å²) in [5.41, 5.74) is 0.681. The van der Waals surface area contributed by atoms with E-state index in [1.807, 2.05) is 6.07 Å². The molecule has 0 amide bonds. The molecule has 0 aliphatic heterocycles. The first-order valence-electron chi connectivity index (χ1n) is 4.64. The van der Waals surface area contributed by atoms with Gasteiger partial charge in [0.15, 0.2) is 0 Å². The summed E-state index contributed by atoms with van der Waals surface area (Å²) in [6, 6.07) is 9.12. The van der Waals surface area contributed by atoms with Gasteiger partial charge in [0.05, 0.1) is 12.7 Å². The van der Waals surface area contributed by atoms with Gasteiger partial charge in [0.25, 0.3) is 0 Å². The van der Waals surface area contributed by atoms with E-state index in [4.69, 9.17) is 5.26 Å². The second-order valence-corrected chi connectivity index (χ2v) is 3.17. The number of nitriles is 1. The van der Waals surface area contributed by atoms with Gasteiger partial charge < -0.3 is 4.74 Å². The first kappa shape index (κ1) is 10.1. The van der Waals surface area contributed by atoms with E-state index in [0.717, 1.165) is 0 Å². The first-order valence-corrected chi connectivity index (χ1v) is 4.64. The fourth-order valence-corrected chi connectivity index (χ4v) is 1.55. The van der Waals surface area contributed by atoms with Crippen LogP contribution in [0.25, 0.3) is 10.8 Å². The number of carbonyl (C=O) groups is 1. The lowest BCUT2D eigenvalue weighted by molar-refractivity contribution is 0.0602. The average Bonchev–Trinajstić information content (AvgIpc) is 2.36. The number of aromatic nitrogens is 1. The highest BCUT2D eigenvalue weighted by Crippen LogP contribution is 2.20. The molecule has 0 spiro atoms. The van der Waals surface area contributed by atoms with E-state index in [2.05, 4.69) is 9.72 Å². The molecule has 4 heteroatoms. The van der Waals surface area contributed by atoms with Crippen molar-refractivity contribution in [3.63, 3.8) is 0 Å². The summed E-state index contributed by atoms with van der Waals surface area (Å²) in [5.74, 6) is -0.451. The number of hydrogen-bond donors (Lipinski definition) is 0. The highest BCUT2D eigenvalue weighted by molar-refractivity contribution is 6.05. The minimum absolute atomic E-state index is 0.309. The summed E-state index contributed by atoms with van der Waals surface area (Å²) in [4.78, 5) is 15.4. The topological polar surface area (TPSA) is 63.0 Å². The van der Waals surface area contributed by atoms with Crippen LogP contribution in [0.1, 0.15) is 16.1 Å². The number of rotatable bonds is 1. The normalized spacial score (nSPS) is 9.75. The second kappa shape index (κ2) is 3.99. The Bertz CT molecular complexity index is 599.